The van der Waals surface area contributed by atoms with E-state index in [1.165, 1.54) is 16.7 Å². The van der Waals surface area contributed by atoms with E-state index in [0.29, 0.717) is 0 Å². The fourth-order valence-electron chi connectivity index (χ4n) is 1.58. The van der Waals surface area contributed by atoms with Gasteiger partial charge in [0, 0.05) is 11.9 Å². The van der Waals surface area contributed by atoms with Gasteiger partial charge < -0.3 is 0 Å². The SMILES string of the molecule is Cc1cc(C=Cc2ccccc2)c(C)cn1. The van der Waals surface area contributed by atoms with Gasteiger partial charge >= 0.3 is 0 Å². The number of hydrogen-bond donors (Lipinski definition) is 0. The highest BCUT2D eigenvalue weighted by molar-refractivity contribution is 5.70. The molecule has 1 aromatic carbocycles. The minimum Gasteiger partial charge on any atom is -0.261 e. The number of hydrogen-bond acceptors (Lipinski definition) is 1. The summed E-state index contributed by atoms with van der Waals surface area (Å²) in [5.74, 6) is 0. The second kappa shape index (κ2) is 4.75. The molecule has 0 atom stereocenters. The Kier molecular flexibility index (Phi) is 3.16. The molecule has 0 fully saturated rings. The number of aromatic nitrogens is 1. The van der Waals surface area contributed by atoms with E-state index in [0.717, 1.165) is 5.69 Å². The average molecular weight is 209 g/mol. The molecule has 0 unspecified atom stereocenters. The summed E-state index contributed by atoms with van der Waals surface area (Å²) in [7, 11) is 0. The summed E-state index contributed by atoms with van der Waals surface area (Å²) in [6.07, 6.45) is 6.18. The Labute approximate surface area is 96.5 Å². The van der Waals surface area contributed by atoms with Gasteiger partial charge in [-0.2, -0.15) is 0 Å². The number of pyridine rings is 1. The molecule has 16 heavy (non-hydrogen) atoms. The first kappa shape index (κ1) is 10.6. The lowest BCUT2D eigenvalue weighted by Gasteiger charge is -2.00. The van der Waals surface area contributed by atoms with Crippen molar-refractivity contribution in [2.45, 2.75) is 13.8 Å². The highest BCUT2D eigenvalue weighted by Gasteiger charge is 1.95. The van der Waals surface area contributed by atoms with Crippen molar-refractivity contribution >= 4 is 12.2 Å². The molecule has 1 nitrogen and oxygen atoms in total. The first-order valence-electron chi connectivity index (χ1n) is 5.42. The molecule has 0 saturated carbocycles. The molecule has 0 amide bonds. The summed E-state index contributed by atoms with van der Waals surface area (Å²) in [6.45, 7) is 4.09. The van der Waals surface area contributed by atoms with Crippen LogP contribution in [-0.2, 0) is 0 Å². The molecule has 0 N–H and O–H groups in total. The van der Waals surface area contributed by atoms with Crippen molar-refractivity contribution in [2.24, 2.45) is 0 Å². The molecule has 1 heterocycles. The van der Waals surface area contributed by atoms with Crippen molar-refractivity contribution in [3.63, 3.8) is 0 Å². The lowest BCUT2D eigenvalue weighted by molar-refractivity contribution is 1.16. The second-order valence-electron chi connectivity index (χ2n) is 3.93. The van der Waals surface area contributed by atoms with E-state index < -0.39 is 0 Å². The molecule has 2 aromatic rings. The van der Waals surface area contributed by atoms with Crippen LogP contribution in [0.2, 0.25) is 0 Å². The van der Waals surface area contributed by atoms with Gasteiger partial charge in [0.2, 0.25) is 0 Å². The molecule has 80 valence electrons. The van der Waals surface area contributed by atoms with Crippen molar-refractivity contribution in [2.75, 3.05) is 0 Å². The quantitative estimate of drug-likeness (QED) is 0.731. The highest BCUT2D eigenvalue weighted by atomic mass is 14.7. The third-order valence-electron chi connectivity index (χ3n) is 2.54. The van der Waals surface area contributed by atoms with Crippen LogP contribution in [-0.4, -0.2) is 4.98 Å². The van der Waals surface area contributed by atoms with Crippen molar-refractivity contribution in [3.05, 3.63) is 65.0 Å². The molecule has 0 aliphatic rings. The Morgan fingerprint density at radius 3 is 2.50 bits per heavy atom. The normalized spacial score (nSPS) is 10.9. The van der Waals surface area contributed by atoms with E-state index in [9.17, 15) is 0 Å². The van der Waals surface area contributed by atoms with E-state index in [1.54, 1.807) is 0 Å². The van der Waals surface area contributed by atoms with Crippen LogP contribution in [0, 0.1) is 13.8 Å². The first-order chi connectivity index (χ1) is 7.75. The third-order valence-corrected chi connectivity index (χ3v) is 2.54. The summed E-state index contributed by atoms with van der Waals surface area (Å²) in [5.41, 5.74) is 4.71. The molecular weight excluding hydrogens is 194 g/mol. The van der Waals surface area contributed by atoms with E-state index in [2.05, 4.69) is 42.3 Å². The van der Waals surface area contributed by atoms with Gasteiger partial charge in [-0.15, -0.1) is 0 Å². The molecular formula is C15H15N. The smallest absolute Gasteiger partial charge is 0.0378 e. The highest BCUT2D eigenvalue weighted by Crippen LogP contribution is 2.12. The zero-order valence-corrected chi connectivity index (χ0v) is 9.64. The van der Waals surface area contributed by atoms with Crippen LogP contribution in [0.4, 0.5) is 0 Å². The first-order valence-corrected chi connectivity index (χ1v) is 5.42. The maximum atomic E-state index is 4.26. The van der Waals surface area contributed by atoms with Gasteiger partial charge in [-0.25, -0.2) is 0 Å². The molecule has 0 bridgehead atoms. The van der Waals surface area contributed by atoms with Crippen molar-refractivity contribution in [1.82, 2.24) is 4.98 Å². The van der Waals surface area contributed by atoms with Gasteiger partial charge in [0.15, 0.2) is 0 Å². The number of benzene rings is 1. The predicted molar refractivity (Wildman–Crippen MR) is 69.1 cm³/mol. The third kappa shape index (κ3) is 2.57. The van der Waals surface area contributed by atoms with Gasteiger partial charge in [-0.05, 0) is 36.6 Å². The molecule has 0 saturated heterocycles. The summed E-state index contributed by atoms with van der Waals surface area (Å²) < 4.78 is 0. The van der Waals surface area contributed by atoms with Crippen LogP contribution in [0.3, 0.4) is 0 Å². The minimum atomic E-state index is 1.05. The van der Waals surface area contributed by atoms with Crippen molar-refractivity contribution in [3.8, 4) is 0 Å². The Morgan fingerprint density at radius 2 is 1.75 bits per heavy atom. The number of nitrogens with zero attached hydrogens (tertiary/aromatic N) is 1. The minimum absolute atomic E-state index is 1.05. The van der Waals surface area contributed by atoms with E-state index in [4.69, 9.17) is 0 Å². The Bertz CT molecular complexity index is 498. The Morgan fingerprint density at radius 1 is 1.00 bits per heavy atom. The van der Waals surface area contributed by atoms with E-state index in [1.807, 2.05) is 31.3 Å². The van der Waals surface area contributed by atoms with Gasteiger partial charge in [-0.3, -0.25) is 4.98 Å². The lowest BCUT2D eigenvalue weighted by atomic mass is 10.1. The zero-order valence-electron chi connectivity index (χ0n) is 9.64. The largest absolute Gasteiger partial charge is 0.261 e. The fraction of sp³-hybridized carbons (Fsp3) is 0.133. The Hall–Kier alpha value is -1.89. The average Bonchev–Trinajstić information content (AvgIpc) is 2.32. The van der Waals surface area contributed by atoms with Crippen LogP contribution in [0.5, 0.6) is 0 Å². The lowest BCUT2D eigenvalue weighted by Crippen LogP contribution is -1.86. The van der Waals surface area contributed by atoms with Crippen LogP contribution in [0.15, 0.2) is 42.6 Å². The molecule has 0 spiro atoms. The second-order valence-corrected chi connectivity index (χ2v) is 3.93. The topological polar surface area (TPSA) is 12.9 Å². The number of rotatable bonds is 2. The summed E-state index contributed by atoms with van der Waals surface area (Å²) in [6, 6.07) is 12.4. The molecule has 1 heteroatoms. The fourth-order valence-corrected chi connectivity index (χ4v) is 1.58. The maximum absolute atomic E-state index is 4.26. The van der Waals surface area contributed by atoms with Crippen LogP contribution in [0.25, 0.3) is 12.2 Å². The van der Waals surface area contributed by atoms with Crippen molar-refractivity contribution < 1.29 is 0 Å². The van der Waals surface area contributed by atoms with E-state index in [-0.39, 0.29) is 0 Å². The predicted octanol–water partition coefficient (Wildman–Crippen LogP) is 3.87. The van der Waals surface area contributed by atoms with E-state index >= 15 is 0 Å². The molecule has 0 aliphatic heterocycles. The molecule has 1 aromatic heterocycles. The zero-order chi connectivity index (χ0) is 11.4. The summed E-state index contributed by atoms with van der Waals surface area (Å²) in [4.78, 5) is 4.26. The monoisotopic (exact) mass is 209 g/mol. The van der Waals surface area contributed by atoms with Crippen molar-refractivity contribution in [1.29, 1.82) is 0 Å². The van der Waals surface area contributed by atoms with Gasteiger partial charge in [0.05, 0.1) is 0 Å². The molecule has 0 radical (unpaired) electrons. The Balaban J connectivity index is 2.27. The molecule has 2 rings (SSSR count). The van der Waals surface area contributed by atoms with Gasteiger partial charge in [0.1, 0.15) is 0 Å². The van der Waals surface area contributed by atoms with Gasteiger partial charge in [-0.1, -0.05) is 42.5 Å². The van der Waals surface area contributed by atoms with Gasteiger partial charge in [0.25, 0.3) is 0 Å². The van der Waals surface area contributed by atoms with Crippen LogP contribution >= 0.6 is 0 Å². The number of aryl methyl sites for hydroxylation is 2. The molecule has 0 aliphatic carbocycles. The van der Waals surface area contributed by atoms with Crippen LogP contribution in [0.1, 0.15) is 22.4 Å². The summed E-state index contributed by atoms with van der Waals surface area (Å²) >= 11 is 0. The standard InChI is InChI=1S/C15H15N/c1-12-11-16-13(2)10-15(12)9-8-14-6-4-3-5-7-14/h3-11H,1-2H3. The maximum Gasteiger partial charge on any atom is 0.0378 e. The summed E-state index contributed by atoms with van der Waals surface area (Å²) in [5, 5.41) is 0. The van der Waals surface area contributed by atoms with Crippen LogP contribution < -0.4 is 0 Å².